The number of amides is 1. The van der Waals surface area contributed by atoms with Gasteiger partial charge in [0.1, 0.15) is 0 Å². The van der Waals surface area contributed by atoms with Gasteiger partial charge in [0.15, 0.2) is 0 Å². The fraction of sp³-hybridized carbons (Fsp3) is 0.400. The molecule has 0 spiro atoms. The summed E-state index contributed by atoms with van der Waals surface area (Å²) in [6.45, 7) is 3.09. The number of halogens is 3. The second-order valence-corrected chi connectivity index (χ2v) is 6.71. The first-order chi connectivity index (χ1) is 12.9. The number of piperidine rings is 1. The summed E-state index contributed by atoms with van der Waals surface area (Å²) >= 11 is 0. The maximum atomic E-state index is 12.6. The number of pyridine rings is 1. The highest BCUT2D eigenvalue weighted by molar-refractivity contribution is 6.04. The van der Waals surface area contributed by atoms with Crippen LogP contribution in [-0.4, -0.2) is 23.5 Å². The molecular weight excluding hydrogens is 355 g/mol. The molecular formula is C20H22F3N3O. The van der Waals surface area contributed by atoms with Crippen molar-refractivity contribution in [3.05, 3.63) is 53.9 Å². The first-order valence-electron chi connectivity index (χ1n) is 9.09. The van der Waals surface area contributed by atoms with E-state index in [0.29, 0.717) is 17.3 Å². The van der Waals surface area contributed by atoms with Crippen LogP contribution in [0.4, 0.5) is 24.5 Å². The molecule has 1 amide bonds. The summed E-state index contributed by atoms with van der Waals surface area (Å²) in [6, 6.07) is 6.62. The van der Waals surface area contributed by atoms with E-state index in [4.69, 9.17) is 0 Å². The van der Waals surface area contributed by atoms with Gasteiger partial charge in [-0.1, -0.05) is 6.92 Å². The van der Waals surface area contributed by atoms with Crippen LogP contribution in [0.1, 0.15) is 48.5 Å². The average molecular weight is 377 g/mol. The van der Waals surface area contributed by atoms with E-state index in [1.54, 1.807) is 12.3 Å². The van der Waals surface area contributed by atoms with Gasteiger partial charge in [-0.3, -0.25) is 9.78 Å². The zero-order valence-electron chi connectivity index (χ0n) is 15.1. The summed E-state index contributed by atoms with van der Waals surface area (Å²) in [7, 11) is 0. The van der Waals surface area contributed by atoms with E-state index in [1.807, 2.05) is 0 Å². The van der Waals surface area contributed by atoms with Crippen molar-refractivity contribution in [2.45, 2.75) is 44.8 Å². The summed E-state index contributed by atoms with van der Waals surface area (Å²) in [5.41, 5.74) is 0.845. The number of nitrogens with zero attached hydrogens (tertiary/aromatic N) is 2. The van der Waals surface area contributed by atoms with Gasteiger partial charge in [-0.25, -0.2) is 0 Å². The average Bonchev–Trinajstić information content (AvgIpc) is 2.67. The number of carbonyl (C=O) groups is 1. The molecule has 0 saturated carbocycles. The highest BCUT2D eigenvalue weighted by atomic mass is 19.4. The van der Waals surface area contributed by atoms with E-state index in [9.17, 15) is 18.0 Å². The van der Waals surface area contributed by atoms with Crippen LogP contribution in [-0.2, 0) is 6.18 Å². The number of carbonyl (C=O) groups excluding carboxylic acids is 1. The molecule has 27 heavy (non-hydrogen) atoms. The molecule has 2 aromatic rings. The number of nitrogens with one attached hydrogen (secondary N) is 1. The van der Waals surface area contributed by atoms with Crippen LogP contribution < -0.4 is 10.2 Å². The van der Waals surface area contributed by atoms with Crippen molar-refractivity contribution < 1.29 is 18.0 Å². The van der Waals surface area contributed by atoms with Crippen molar-refractivity contribution in [3.63, 3.8) is 0 Å². The van der Waals surface area contributed by atoms with Crippen molar-refractivity contribution in [3.8, 4) is 0 Å². The summed E-state index contributed by atoms with van der Waals surface area (Å²) in [5, 5.41) is 2.63. The third-order valence-corrected chi connectivity index (χ3v) is 4.89. The highest BCUT2D eigenvalue weighted by Crippen LogP contribution is 2.30. The summed E-state index contributed by atoms with van der Waals surface area (Å²) < 4.78 is 37.9. The number of rotatable bonds is 4. The number of alkyl halides is 3. The van der Waals surface area contributed by atoms with Crippen LogP contribution in [0.5, 0.6) is 0 Å². The van der Waals surface area contributed by atoms with Gasteiger partial charge < -0.3 is 10.2 Å². The molecule has 1 aromatic heterocycles. The van der Waals surface area contributed by atoms with Gasteiger partial charge in [0.25, 0.3) is 5.91 Å². The molecule has 1 unspecified atom stereocenters. The van der Waals surface area contributed by atoms with Crippen LogP contribution in [0, 0.1) is 0 Å². The lowest BCUT2D eigenvalue weighted by Crippen LogP contribution is -2.39. The van der Waals surface area contributed by atoms with Gasteiger partial charge in [-0.15, -0.1) is 0 Å². The molecule has 1 atom stereocenters. The van der Waals surface area contributed by atoms with Gasteiger partial charge in [0.05, 0.1) is 23.0 Å². The third kappa shape index (κ3) is 4.59. The number of anilines is 2. The molecule has 7 heteroatoms. The highest BCUT2D eigenvalue weighted by Gasteiger charge is 2.30. The number of hydrogen-bond acceptors (Lipinski definition) is 3. The molecule has 144 valence electrons. The Morgan fingerprint density at radius 2 is 1.96 bits per heavy atom. The van der Waals surface area contributed by atoms with Crippen LogP contribution in [0.15, 0.2) is 42.7 Å². The van der Waals surface area contributed by atoms with E-state index in [2.05, 4.69) is 22.1 Å². The predicted molar refractivity (Wildman–Crippen MR) is 98.9 cm³/mol. The first-order valence-corrected chi connectivity index (χ1v) is 9.09. The standard InChI is InChI=1S/C20H22F3N3O/c1-2-17-5-3-4-10-26(17)18-11-14(12-24-13-18)19(27)25-16-8-6-15(7-9-16)20(21,22)23/h6-9,11-13,17H,2-5,10H2,1H3,(H,25,27). The number of benzene rings is 1. The SMILES string of the molecule is CCC1CCCCN1c1cncc(C(=O)Nc2ccc(C(F)(F)F)cc2)c1. The molecule has 0 bridgehead atoms. The predicted octanol–water partition coefficient (Wildman–Crippen LogP) is 5.12. The summed E-state index contributed by atoms with van der Waals surface area (Å²) in [6.07, 6.45) is 3.29. The van der Waals surface area contributed by atoms with E-state index < -0.39 is 17.6 Å². The van der Waals surface area contributed by atoms with Crippen molar-refractivity contribution in [2.24, 2.45) is 0 Å². The Morgan fingerprint density at radius 1 is 1.22 bits per heavy atom. The van der Waals surface area contributed by atoms with E-state index >= 15 is 0 Å². The second-order valence-electron chi connectivity index (χ2n) is 6.71. The Bertz CT molecular complexity index is 790. The smallest absolute Gasteiger partial charge is 0.367 e. The molecule has 1 aliphatic rings. The van der Waals surface area contributed by atoms with Crippen LogP contribution in [0.3, 0.4) is 0 Å². The minimum atomic E-state index is -4.40. The van der Waals surface area contributed by atoms with E-state index in [-0.39, 0.29) is 0 Å². The molecule has 2 heterocycles. The molecule has 0 radical (unpaired) electrons. The fourth-order valence-electron chi connectivity index (χ4n) is 3.42. The maximum absolute atomic E-state index is 12.6. The molecule has 1 aromatic carbocycles. The lowest BCUT2D eigenvalue weighted by Gasteiger charge is -2.37. The fourth-order valence-corrected chi connectivity index (χ4v) is 3.42. The summed E-state index contributed by atoms with van der Waals surface area (Å²) in [5.74, 6) is -0.394. The molecule has 3 rings (SSSR count). The topological polar surface area (TPSA) is 45.2 Å². The number of aromatic nitrogens is 1. The zero-order chi connectivity index (χ0) is 19.4. The minimum Gasteiger partial charge on any atom is -0.367 e. The number of hydrogen-bond donors (Lipinski definition) is 1. The quantitative estimate of drug-likeness (QED) is 0.804. The largest absolute Gasteiger partial charge is 0.416 e. The second kappa shape index (κ2) is 7.98. The molecule has 1 aliphatic heterocycles. The van der Waals surface area contributed by atoms with Crippen molar-refractivity contribution in [2.75, 3.05) is 16.8 Å². The van der Waals surface area contributed by atoms with Crippen LogP contribution >= 0.6 is 0 Å². The first kappa shape index (κ1) is 19.2. The third-order valence-electron chi connectivity index (χ3n) is 4.89. The van der Waals surface area contributed by atoms with Gasteiger partial charge in [-0.05, 0) is 56.0 Å². The van der Waals surface area contributed by atoms with Crippen molar-refractivity contribution in [1.29, 1.82) is 0 Å². The monoisotopic (exact) mass is 377 g/mol. The van der Waals surface area contributed by atoms with Crippen LogP contribution in [0.2, 0.25) is 0 Å². The zero-order valence-corrected chi connectivity index (χ0v) is 15.1. The van der Waals surface area contributed by atoms with Crippen molar-refractivity contribution in [1.82, 2.24) is 4.98 Å². The Kier molecular flexibility index (Phi) is 5.68. The molecule has 4 nitrogen and oxygen atoms in total. The van der Waals surface area contributed by atoms with Gasteiger partial charge >= 0.3 is 6.18 Å². The Labute approximate surface area is 156 Å². The Hall–Kier alpha value is -2.57. The van der Waals surface area contributed by atoms with E-state index in [1.165, 1.54) is 24.8 Å². The van der Waals surface area contributed by atoms with Gasteiger partial charge in [-0.2, -0.15) is 13.2 Å². The lowest BCUT2D eigenvalue weighted by molar-refractivity contribution is -0.137. The molecule has 1 N–H and O–H groups in total. The van der Waals surface area contributed by atoms with Crippen molar-refractivity contribution >= 4 is 17.3 Å². The lowest BCUT2D eigenvalue weighted by atomic mass is 9.99. The summed E-state index contributed by atoms with van der Waals surface area (Å²) in [4.78, 5) is 19.0. The van der Waals surface area contributed by atoms with Gasteiger partial charge in [0.2, 0.25) is 0 Å². The maximum Gasteiger partial charge on any atom is 0.416 e. The molecule has 0 aliphatic carbocycles. The van der Waals surface area contributed by atoms with Gasteiger partial charge in [0, 0.05) is 24.5 Å². The van der Waals surface area contributed by atoms with Crippen LogP contribution in [0.25, 0.3) is 0 Å². The normalized spacial score (nSPS) is 17.6. The Morgan fingerprint density at radius 3 is 2.63 bits per heavy atom. The Balaban J connectivity index is 1.73. The molecule has 1 saturated heterocycles. The minimum absolute atomic E-state index is 0.308. The molecule has 1 fully saturated rings. The van der Waals surface area contributed by atoms with E-state index in [0.717, 1.165) is 43.6 Å².